The molecule has 2 amide bonds. The summed E-state index contributed by atoms with van der Waals surface area (Å²) in [6, 6.07) is 3.33. The fourth-order valence-electron chi connectivity index (χ4n) is 1.86. The molecule has 2 heterocycles. The summed E-state index contributed by atoms with van der Waals surface area (Å²) >= 11 is 5.71. The average Bonchev–Trinajstić information content (AvgIpc) is 2.61. The second kappa shape index (κ2) is 12.8. The maximum atomic E-state index is 11.8. The highest BCUT2D eigenvalue weighted by atomic mass is 35.5. The molecule has 1 aromatic rings. The molecule has 130 valence electrons. The molecule has 2 rings (SSSR count). The maximum Gasteiger partial charge on any atom is 0.239 e. The van der Waals surface area contributed by atoms with Crippen LogP contribution in [0.5, 0.6) is 0 Å². The molecule has 0 atom stereocenters. The SMILES string of the molecule is CC.CC.O=CN1CCN(CC(=O)Nc2ccc(Cl)cn2)CC1. The van der Waals surface area contributed by atoms with Crippen molar-refractivity contribution >= 4 is 29.7 Å². The van der Waals surface area contributed by atoms with Gasteiger partial charge in [-0.2, -0.15) is 0 Å². The first-order chi connectivity index (χ1) is 11.2. The zero-order chi connectivity index (χ0) is 17.7. The van der Waals surface area contributed by atoms with Gasteiger partial charge in [0.15, 0.2) is 0 Å². The van der Waals surface area contributed by atoms with Gasteiger partial charge in [-0.15, -0.1) is 0 Å². The summed E-state index contributed by atoms with van der Waals surface area (Å²) in [4.78, 5) is 30.1. The van der Waals surface area contributed by atoms with E-state index in [1.54, 1.807) is 17.0 Å². The quantitative estimate of drug-likeness (QED) is 0.854. The third-order valence-corrected chi connectivity index (χ3v) is 3.14. The number of anilines is 1. The lowest BCUT2D eigenvalue weighted by Gasteiger charge is -2.31. The number of halogens is 1. The van der Waals surface area contributed by atoms with Crippen molar-refractivity contribution in [3.63, 3.8) is 0 Å². The van der Waals surface area contributed by atoms with Crippen LogP contribution in [0.3, 0.4) is 0 Å². The summed E-state index contributed by atoms with van der Waals surface area (Å²) in [5.41, 5.74) is 0. The van der Waals surface area contributed by atoms with E-state index >= 15 is 0 Å². The van der Waals surface area contributed by atoms with Gasteiger partial charge in [0.2, 0.25) is 12.3 Å². The lowest BCUT2D eigenvalue weighted by molar-refractivity contribution is -0.120. The van der Waals surface area contributed by atoms with Gasteiger partial charge in [0.1, 0.15) is 5.82 Å². The molecule has 0 unspecified atom stereocenters. The van der Waals surface area contributed by atoms with Crippen molar-refractivity contribution in [3.05, 3.63) is 23.4 Å². The summed E-state index contributed by atoms with van der Waals surface area (Å²) in [6.07, 6.45) is 2.33. The summed E-state index contributed by atoms with van der Waals surface area (Å²) in [5.74, 6) is 0.371. The van der Waals surface area contributed by atoms with Crippen LogP contribution in [0.4, 0.5) is 5.82 Å². The Labute approximate surface area is 143 Å². The van der Waals surface area contributed by atoms with E-state index in [1.165, 1.54) is 6.20 Å². The molecule has 1 fully saturated rings. The van der Waals surface area contributed by atoms with Gasteiger partial charge < -0.3 is 10.2 Å². The Hall–Kier alpha value is -1.66. The van der Waals surface area contributed by atoms with Gasteiger partial charge in [-0.25, -0.2) is 4.98 Å². The number of aromatic nitrogens is 1. The third kappa shape index (κ3) is 8.52. The average molecular weight is 343 g/mol. The van der Waals surface area contributed by atoms with Crippen molar-refractivity contribution in [2.75, 3.05) is 38.0 Å². The largest absolute Gasteiger partial charge is 0.343 e. The first kappa shape index (κ1) is 21.3. The first-order valence-electron chi connectivity index (χ1n) is 8.00. The molecule has 1 saturated heterocycles. The van der Waals surface area contributed by atoms with Crippen molar-refractivity contribution in [3.8, 4) is 0 Å². The first-order valence-corrected chi connectivity index (χ1v) is 8.38. The van der Waals surface area contributed by atoms with Crippen LogP contribution < -0.4 is 5.32 Å². The Morgan fingerprint density at radius 1 is 1.22 bits per heavy atom. The van der Waals surface area contributed by atoms with Crippen LogP contribution in [0.1, 0.15) is 27.7 Å². The van der Waals surface area contributed by atoms with Crippen molar-refractivity contribution in [2.45, 2.75) is 27.7 Å². The third-order valence-electron chi connectivity index (χ3n) is 2.92. The minimum atomic E-state index is -0.116. The minimum absolute atomic E-state index is 0.116. The zero-order valence-corrected chi connectivity index (χ0v) is 15.1. The molecule has 6 nitrogen and oxygen atoms in total. The number of hydrogen-bond donors (Lipinski definition) is 1. The summed E-state index contributed by atoms with van der Waals surface area (Å²) in [5, 5.41) is 3.24. The van der Waals surface area contributed by atoms with Crippen LogP contribution in [0.2, 0.25) is 5.02 Å². The fourth-order valence-corrected chi connectivity index (χ4v) is 1.97. The highest BCUT2D eigenvalue weighted by Crippen LogP contribution is 2.09. The standard InChI is InChI=1S/C12H15ClN4O2.2C2H6/c13-10-1-2-11(14-7-10)15-12(19)8-16-3-5-17(9-18)6-4-16;2*1-2/h1-2,7,9H,3-6,8H2,(H,14,15,19);2*1-2H3. The maximum absolute atomic E-state index is 11.8. The number of nitrogens with zero attached hydrogens (tertiary/aromatic N) is 3. The van der Waals surface area contributed by atoms with Crippen molar-refractivity contribution in [1.29, 1.82) is 0 Å². The number of nitrogens with one attached hydrogen (secondary N) is 1. The van der Waals surface area contributed by atoms with Gasteiger partial charge in [0.05, 0.1) is 11.6 Å². The molecule has 23 heavy (non-hydrogen) atoms. The lowest BCUT2D eigenvalue weighted by atomic mass is 10.3. The lowest BCUT2D eigenvalue weighted by Crippen LogP contribution is -2.48. The Bertz CT molecular complexity index is 446. The van der Waals surface area contributed by atoms with E-state index in [4.69, 9.17) is 11.6 Å². The monoisotopic (exact) mass is 342 g/mol. The number of rotatable bonds is 4. The van der Waals surface area contributed by atoms with Crippen molar-refractivity contribution in [2.24, 2.45) is 0 Å². The predicted octanol–water partition coefficient (Wildman–Crippen LogP) is 2.50. The van der Waals surface area contributed by atoms with Gasteiger partial charge in [-0.3, -0.25) is 14.5 Å². The molecular formula is C16H27ClN4O2. The summed E-state index contributed by atoms with van der Waals surface area (Å²) < 4.78 is 0. The van der Waals surface area contributed by atoms with Crippen LogP contribution in [0.25, 0.3) is 0 Å². The Kier molecular flexibility index (Phi) is 11.9. The summed E-state index contributed by atoms with van der Waals surface area (Å²) in [7, 11) is 0. The van der Waals surface area contributed by atoms with Crippen LogP contribution in [-0.4, -0.2) is 59.8 Å². The van der Waals surface area contributed by atoms with Crippen LogP contribution in [0.15, 0.2) is 18.3 Å². The van der Waals surface area contributed by atoms with E-state index in [0.717, 1.165) is 6.41 Å². The molecule has 1 aliphatic rings. The van der Waals surface area contributed by atoms with Gasteiger partial charge in [-0.05, 0) is 12.1 Å². The highest BCUT2D eigenvalue weighted by molar-refractivity contribution is 6.30. The Balaban J connectivity index is 0.00000112. The van der Waals surface area contributed by atoms with E-state index in [0.29, 0.717) is 43.6 Å². The molecule has 0 radical (unpaired) electrons. The molecule has 0 aliphatic carbocycles. The van der Waals surface area contributed by atoms with Crippen LogP contribution >= 0.6 is 11.6 Å². The summed E-state index contributed by atoms with van der Waals surface area (Å²) in [6.45, 7) is 11.0. The van der Waals surface area contributed by atoms with Crippen LogP contribution in [0, 0.1) is 0 Å². The number of piperazine rings is 1. The fraction of sp³-hybridized carbons (Fsp3) is 0.562. The second-order valence-corrected chi connectivity index (χ2v) is 4.76. The van der Waals surface area contributed by atoms with E-state index < -0.39 is 0 Å². The molecule has 0 saturated carbocycles. The van der Waals surface area contributed by atoms with Gasteiger partial charge in [0, 0.05) is 32.4 Å². The molecule has 1 N–H and O–H groups in total. The van der Waals surface area contributed by atoms with E-state index in [9.17, 15) is 9.59 Å². The van der Waals surface area contributed by atoms with E-state index in [1.807, 2.05) is 32.6 Å². The Morgan fingerprint density at radius 2 is 1.83 bits per heavy atom. The number of carbonyl (C=O) groups is 2. The molecule has 7 heteroatoms. The highest BCUT2D eigenvalue weighted by Gasteiger charge is 2.17. The smallest absolute Gasteiger partial charge is 0.239 e. The molecular weight excluding hydrogens is 316 g/mol. The van der Waals surface area contributed by atoms with Crippen LogP contribution in [-0.2, 0) is 9.59 Å². The number of hydrogen-bond acceptors (Lipinski definition) is 4. The van der Waals surface area contributed by atoms with Gasteiger partial charge in [0.25, 0.3) is 0 Å². The zero-order valence-electron chi connectivity index (χ0n) is 14.4. The number of pyridine rings is 1. The molecule has 0 aromatic carbocycles. The minimum Gasteiger partial charge on any atom is -0.343 e. The normalized spacial score (nSPS) is 13.9. The molecule has 1 aliphatic heterocycles. The van der Waals surface area contributed by atoms with Gasteiger partial charge >= 0.3 is 0 Å². The number of carbonyl (C=O) groups excluding carboxylic acids is 2. The van der Waals surface area contributed by atoms with Gasteiger partial charge in [-0.1, -0.05) is 39.3 Å². The van der Waals surface area contributed by atoms with E-state index in [2.05, 4.69) is 10.3 Å². The van der Waals surface area contributed by atoms with Crippen molar-refractivity contribution < 1.29 is 9.59 Å². The topological polar surface area (TPSA) is 65.5 Å². The van der Waals surface area contributed by atoms with E-state index in [-0.39, 0.29) is 5.91 Å². The molecule has 0 spiro atoms. The molecule has 0 bridgehead atoms. The Morgan fingerprint density at radius 3 is 2.30 bits per heavy atom. The second-order valence-electron chi connectivity index (χ2n) is 4.33. The molecule has 1 aromatic heterocycles. The number of amides is 2. The van der Waals surface area contributed by atoms with Crippen molar-refractivity contribution in [1.82, 2.24) is 14.8 Å². The predicted molar refractivity (Wildman–Crippen MR) is 94.6 cm³/mol.